The molecule has 0 aliphatic heterocycles. The number of hydrogen-bond donors (Lipinski definition) is 1. The van der Waals surface area contributed by atoms with Crippen LogP contribution in [0.4, 0.5) is 10.1 Å². The molecule has 136 valence electrons. The summed E-state index contributed by atoms with van der Waals surface area (Å²) in [7, 11) is 0. The van der Waals surface area contributed by atoms with E-state index in [0.29, 0.717) is 21.4 Å². The zero-order valence-electron chi connectivity index (χ0n) is 14.4. The minimum absolute atomic E-state index is 0.111. The predicted octanol–water partition coefficient (Wildman–Crippen LogP) is 4.10. The quantitative estimate of drug-likeness (QED) is 0.541. The van der Waals surface area contributed by atoms with Crippen LogP contribution in [0.3, 0.4) is 0 Å². The number of nitrogens with zero attached hydrogens (tertiary/aromatic N) is 1. The van der Waals surface area contributed by atoms with Crippen molar-refractivity contribution in [3.63, 3.8) is 0 Å². The van der Waals surface area contributed by atoms with E-state index in [9.17, 15) is 14.0 Å². The van der Waals surface area contributed by atoms with Crippen LogP contribution in [-0.2, 0) is 4.74 Å². The maximum atomic E-state index is 13.4. The number of benzene rings is 2. The van der Waals surface area contributed by atoms with Gasteiger partial charge in [0.1, 0.15) is 15.5 Å². The van der Waals surface area contributed by atoms with Crippen molar-refractivity contribution in [1.82, 2.24) is 4.57 Å². The summed E-state index contributed by atoms with van der Waals surface area (Å²) in [5, 5.41) is 0.736. The van der Waals surface area contributed by atoms with Crippen molar-refractivity contribution in [2.75, 3.05) is 12.3 Å². The van der Waals surface area contributed by atoms with Crippen molar-refractivity contribution in [3.8, 4) is 5.69 Å². The summed E-state index contributed by atoms with van der Waals surface area (Å²) in [5.74, 6) is -0.927. The van der Waals surface area contributed by atoms with Gasteiger partial charge in [0.2, 0.25) is 0 Å². The molecule has 27 heavy (non-hydrogen) atoms. The number of hydrogen-bond acceptors (Lipinski definition) is 5. The Morgan fingerprint density at radius 2 is 1.89 bits per heavy atom. The number of nitrogens with two attached hydrogens (primary N) is 1. The number of ether oxygens (including phenoxy) is 1. The van der Waals surface area contributed by atoms with Crippen LogP contribution in [0.2, 0.25) is 0 Å². The van der Waals surface area contributed by atoms with E-state index < -0.39 is 5.97 Å². The van der Waals surface area contributed by atoms with E-state index in [-0.39, 0.29) is 33.8 Å². The lowest BCUT2D eigenvalue weighted by molar-refractivity contribution is 0.0533. The third kappa shape index (κ3) is 2.67. The van der Waals surface area contributed by atoms with Gasteiger partial charge in [-0.05, 0) is 43.3 Å². The number of rotatable bonds is 3. The van der Waals surface area contributed by atoms with Crippen molar-refractivity contribution in [2.24, 2.45) is 0 Å². The zero-order chi connectivity index (χ0) is 19.1. The maximum Gasteiger partial charge on any atom is 0.350 e. The Labute approximate surface area is 157 Å². The number of para-hydroxylation sites is 1. The van der Waals surface area contributed by atoms with Gasteiger partial charge in [-0.2, -0.15) is 0 Å². The van der Waals surface area contributed by atoms with E-state index in [4.69, 9.17) is 10.5 Å². The molecule has 0 fully saturated rings. The van der Waals surface area contributed by atoms with E-state index in [1.165, 1.54) is 12.1 Å². The first-order chi connectivity index (χ1) is 13.0. The molecule has 2 N–H and O–H groups in total. The average Bonchev–Trinajstić information content (AvgIpc) is 3.01. The Balaban J connectivity index is 2.17. The lowest BCUT2D eigenvalue weighted by atomic mass is 10.1. The number of fused-ring (bicyclic) bond motifs is 2. The normalized spacial score (nSPS) is 11.2. The Hall–Kier alpha value is -3.19. The molecule has 0 radical (unpaired) electrons. The van der Waals surface area contributed by atoms with Gasteiger partial charge < -0.3 is 15.0 Å². The molecule has 0 aliphatic rings. The number of esters is 1. The zero-order valence-corrected chi connectivity index (χ0v) is 15.2. The summed E-state index contributed by atoms with van der Waals surface area (Å²) < 4.78 is 20.3. The molecule has 2 aromatic heterocycles. The predicted molar refractivity (Wildman–Crippen MR) is 105 cm³/mol. The van der Waals surface area contributed by atoms with E-state index in [1.54, 1.807) is 37.3 Å². The Kier molecular flexibility index (Phi) is 4.16. The molecule has 0 saturated heterocycles. The SMILES string of the molecule is CCOC(=O)c1sc2c(c1N)c(=O)c1ccccc1n2-c1ccc(F)cc1. The lowest BCUT2D eigenvalue weighted by Crippen LogP contribution is -2.10. The smallest absolute Gasteiger partial charge is 0.350 e. The molecular formula is C20H15FN2O3S. The van der Waals surface area contributed by atoms with Crippen molar-refractivity contribution in [3.05, 3.63) is 69.4 Å². The molecule has 0 aliphatic carbocycles. The molecule has 2 aromatic carbocycles. The number of aromatic nitrogens is 1. The summed E-state index contributed by atoms with van der Waals surface area (Å²) in [6.07, 6.45) is 0. The third-order valence-corrected chi connectivity index (χ3v) is 5.46. The molecule has 7 heteroatoms. The molecule has 4 rings (SSSR count). The molecule has 0 amide bonds. The number of nitrogen functional groups attached to an aromatic ring is 1. The number of carbonyl (C=O) groups excluding carboxylic acids is 1. The number of anilines is 1. The third-order valence-electron chi connectivity index (χ3n) is 4.29. The summed E-state index contributed by atoms with van der Waals surface area (Å²) in [4.78, 5) is 26.0. The van der Waals surface area contributed by atoms with Gasteiger partial charge in [-0.15, -0.1) is 11.3 Å². The van der Waals surface area contributed by atoms with E-state index >= 15 is 0 Å². The summed E-state index contributed by atoms with van der Waals surface area (Å²) >= 11 is 1.10. The van der Waals surface area contributed by atoms with Crippen LogP contribution in [0.5, 0.6) is 0 Å². The fourth-order valence-corrected chi connectivity index (χ4v) is 4.26. The lowest BCUT2D eigenvalue weighted by Gasteiger charge is -2.13. The molecule has 2 heterocycles. The first-order valence-electron chi connectivity index (χ1n) is 8.31. The second kappa shape index (κ2) is 6.51. The van der Waals surface area contributed by atoms with Crippen LogP contribution >= 0.6 is 11.3 Å². The first-order valence-corrected chi connectivity index (χ1v) is 9.13. The highest BCUT2D eigenvalue weighted by Gasteiger charge is 2.23. The molecule has 0 saturated carbocycles. The molecule has 0 unspecified atom stereocenters. The second-order valence-electron chi connectivity index (χ2n) is 5.90. The van der Waals surface area contributed by atoms with Crippen LogP contribution in [0, 0.1) is 5.82 Å². The minimum Gasteiger partial charge on any atom is -0.462 e. The second-order valence-corrected chi connectivity index (χ2v) is 6.90. The number of thiophene rings is 1. The monoisotopic (exact) mass is 382 g/mol. The largest absolute Gasteiger partial charge is 0.462 e. The van der Waals surface area contributed by atoms with Crippen LogP contribution in [0.25, 0.3) is 26.8 Å². The Morgan fingerprint density at radius 3 is 2.59 bits per heavy atom. The van der Waals surface area contributed by atoms with E-state index in [0.717, 1.165) is 11.3 Å². The van der Waals surface area contributed by atoms with E-state index in [1.807, 2.05) is 10.6 Å². The Morgan fingerprint density at radius 1 is 1.19 bits per heavy atom. The van der Waals surface area contributed by atoms with Gasteiger partial charge in [0.25, 0.3) is 0 Å². The fourth-order valence-electron chi connectivity index (χ4n) is 3.11. The van der Waals surface area contributed by atoms with Gasteiger partial charge in [0, 0.05) is 11.1 Å². The number of carbonyl (C=O) groups is 1. The van der Waals surface area contributed by atoms with Gasteiger partial charge in [0.15, 0.2) is 5.43 Å². The van der Waals surface area contributed by atoms with Gasteiger partial charge in [0.05, 0.1) is 23.2 Å². The van der Waals surface area contributed by atoms with Crippen LogP contribution < -0.4 is 11.2 Å². The number of pyridine rings is 1. The average molecular weight is 382 g/mol. The van der Waals surface area contributed by atoms with Gasteiger partial charge in [-0.25, -0.2) is 9.18 Å². The molecule has 0 bridgehead atoms. The van der Waals surface area contributed by atoms with Crippen molar-refractivity contribution in [1.29, 1.82) is 0 Å². The highest BCUT2D eigenvalue weighted by atomic mass is 32.1. The number of halogens is 1. The summed E-state index contributed by atoms with van der Waals surface area (Å²) in [6.45, 7) is 1.91. The minimum atomic E-state index is -0.565. The van der Waals surface area contributed by atoms with Crippen LogP contribution in [0.15, 0.2) is 53.3 Å². The fraction of sp³-hybridized carbons (Fsp3) is 0.100. The van der Waals surface area contributed by atoms with Gasteiger partial charge >= 0.3 is 5.97 Å². The van der Waals surface area contributed by atoms with Crippen molar-refractivity contribution < 1.29 is 13.9 Å². The van der Waals surface area contributed by atoms with Gasteiger partial charge in [-0.1, -0.05) is 12.1 Å². The highest BCUT2D eigenvalue weighted by Crippen LogP contribution is 2.36. The molecule has 5 nitrogen and oxygen atoms in total. The summed E-state index contributed by atoms with van der Waals surface area (Å²) in [5.41, 5.74) is 7.35. The summed E-state index contributed by atoms with van der Waals surface area (Å²) in [6, 6.07) is 13.0. The first kappa shape index (κ1) is 17.2. The molecule has 0 spiro atoms. The molecule has 4 aromatic rings. The highest BCUT2D eigenvalue weighted by molar-refractivity contribution is 7.21. The Bertz CT molecular complexity index is 1240. The van der Waals surface area contributed by atoms with Crippen molar-refractivity contribution >= 4 is 44.1 Å². The van der Waals surface area contributed by atoms with Crippen LogP contribution in [-0.4, -0.2) is 17.1 Å². The topological polar surface area (TPSA) is 74.3 Å². The van der Waals surface area contributed by atoms with Crippen LogP contribution in [0.1, 0.15) is 16.6 Å². The standard InChI is InChI=1S/C20H15FN2O3S/c1-2-26-20(25)18-16(22)15-17(24)13-5-3-4-6-14(13)23(19(15)27-18)12-9-7-11(21)8-10-12/h3-10H,2,22H2,1H3. The van der Waals surface area contributed by atoms with Gasteiger partial charge in [-0.3, -0.25) is 4.79 Å². The molecular weight excluding hydrogens is 367 g/mol. The maximum absolute atomic E-state index is 13.4. The molecule has 0 atom stereocenters. The van der Waals surface area contributed by atoms with E-state index in [2.05, 4.69) is 0 Å². The van der Waals surface area contributed by atoms with Crippen molar-refractivity contribution in [2.45, 2.75) is 6.92 Å².